The van der Waals surface area contributed by atoms with Crippen LogP contribution in [0.3, 0.4) is 0 Å². The summed E-state index contributed by atoms with van der Waals surface area (Å²) >= 11 is 5.24. The highest BCUT2D eigenvalue weighted by Crippen LogP contribution is 2.20. The molecule has 20 heavy (non-hydrogen) atoms. The standard InChI is InChI=1S/C15H19N3OS/c1-15(2,3)11-8-14(20)18-12(17-11)7-10-5-6-13(19-4)16-9-10/h5-6,8-9H,7H2,1-4H3,(H,17,18,20). The van der Waals surface area contributed by atoms with Gasteiger partial charge < -0.3 is 9.72 Å². The van der Waals surface area contributed by atoms with E-state index in [0.29, 0.717) is 16.9 Å². The summed E-state index contributed by atoms with van der Waals surface area (Å²) < 4.78 is 5.67. The van der Waals surface area contributed by atoms with Crippen LogP contribution in [0, 0.1) is 4.64 Å². The molecule has 2 aromatic heterocycles. The Kier molecular flexibility index (Phi) is 4.18. The number of H-pyrrole nitrogens is 1. The Morgan fingerprint density at radius 3 is 2.60 bits per heavy atom. The van der Waals surface area contributed by atoms with Gasteiger partial charge in [0.1, 0.15) is 10.5 Å². The molecule has 0 aliphatic carbocycles. The maximum atomic E-state index is 5.24. The molecule has 5 heteroatoms. The molecule has 0 aromatic carbocycles. The van der Waals surface area contributed by atoms with Gasteiger partial charge in [-0.1, -0.05) is 39.1 Å². The Morgan fingerprint density at radius 1 is 1.30 bits per heavy atom. The maximum absolute atomic E-state index is 5.24. The maximum Gasteiger partial charge on any atom is 0.212 e. The Bertz CT molecular complexity index is 641. The highest BCUT2D eigenvalue weighted by Gasteiger charge is 2.15. The zero-order valence-electron chi connectivity index (χ0n) is 12.2. The monoisotopic (exact) mass is 289 g/mol. The summed E-state index contributed by atoms with van der Waals surface area (Å²) in [6.45, 7) is 6.44. The molecular weight excluding hydrogens is 270 g/mol. The molecule has 0 radical (unpaired) electrons. The molecule has 0 atom stereocenters. The average Bonchev–Trinajstić information content (AvgIpc) is 2.38. The van der Waals surface area contributed by atoms with Crippen LogP contribution >= 0.6 is 12.2 Å². The number of hydrogen-bond donors (Lipinski definition) is 1. The predicted octanol–water partition coefficient (Wildman–Crippen LogP) is 3.43. The van der Waals surface area contributed by atoms with Gasteiger partial charge in [-0.15, -0.1) is 0 Å². The highest BCUT2D eigenvalue weighted by molar-refractivity contribution is 7.71. The SMILES string of the molecule is COc1ccc(Cc2nc(=S)cc(C(C)(C)C)[nH]2)cn1. The van der Waals surface area contributed by atoms with E-state index in [1.54, 1.807) is 13.3 Å². The van der Waals surface area contributed by atoms with E-state index in [4.69, 9.17) is 17.0 Å². The van der Waals surface area contributed by atoms with Crippen LogP contribution in [0.1, 0.15) is 37.9 Å². The van der Waals surface area contributed by atoms with Crippen molar-refractivity contribution in [3.63, 3.8) is 0 Å². The molecule has 0 spiro atoms. The molecule has 0 amide bonds. The fourth-order valence-electron chi connectivity index (χ4n) is 1.83. The first-order chi connectivity index (χ1) is 9.38. The van der Waals surface area contributed by atoms with E-state index in [1.165, 1.54) is 0 Å². The molecule has 2 rings (SSSR count). The van der Waals surface area contributed by atoms with Gasteiger partial charge in [0.05, 0.1) is 7.11 Å². The normalized spacial score (nSPS) is 11.4. The van der Waals surface area contributed by atoms with Crippen LogP contribution in [-0.2, 0) is 11.8 Å². The van der Waals surface area contributed by atoms with E-state index in [1.807, 2.05) is 18.2 Å². The van der Waals surface area contributed by atoms with Crippen molar-refractivity contribution in [2.75, 3.05) is 7.11 Å². The van der Waals surface area contributed by atoms with Crippen LogP contribution in [0.5, 0.6) is 5.88 Å². The first kappa shape index (κ1) is 14.7. The van der Waals surface area contributed by atoms with Gasteiger partial charge in [-0.3, -0.25) is 0 Å². The van der Waals surface area contributed by atoms with Gasteiger partial charge in [0.15, 0.2) is 0 Å². The summed E-state index contributed by atoms with van der Waals surface area (Å²) in [6.07, 6.45) is 2.46. The molecule has 2 heterocycles. The van der Waals surface area contributed by atoms with E-state index in [9.17, 15) is 0 Å². The third-order valence-corrected chi connectivity index (χ3v) is 3.19. The first-order valence-corrected chi connectivity index (χ1v) is 6.89. The van der Waals surface area contributed by atoms with Gasteiger partial charge in [-0.25, -0.2) is 9.97 Å². The van der Waals surface area contributed by atoms with Crippen LogP contribution in [0.15, 0.2) is 24.4 Å². The predicted molar refractivity (Wildman–Crippen MR) is 81.7 cm³/mol. The van der Waals surface area contributed by atoms with Crippen molar-refractivity contribution in [3.05, 3.63) is 46.1 Å². The van der Waals surface area contributed by atoms with E-state index < -0.39 is 0 Å². The van der Waals surface area contributed by atoms with E-state index in [0.717, 1.165) is 17.1 Å². The summed E-state index contributed by atoms with van der Waals surface area (Å²) in [4.78, 5) is 11.9. The molecule has 0 bridgehead atoms. The molecule has 4 nitrogen and oxygen atoms in total. The molecule has 0 saturated carbocycles. The molecule has 0 aliphatic heterocycles. The van der Waals surface area contributed by atoms with Crippen molar-refractivity contribution in [1.82, 2.24) is 15.0 Å². The summed E-state index contributed by atoms with van der Waals surface area (Å²) in [5.41, 5.74) is 2.17. The van der Waals surface area contributed by atoms with Gasteiger partial charge in [-0.2, -0.15) is 0 Å². The van der Waals surface area contributed by atoms with Crippen LogP contribution in [0.25, 0.3) is 0 Å². The van der Waals surface area contributed by atoms with Crippen LogP contribution in [0.4, 0.5) is 0 Å². The van der Waals surface area contributed by atoms with Crippen molar-refractivity contribution in [2.24, 2.45) is 0 Å². The van der Waals surface area contributed by atoms with Crippen molar-refractivity contribution >= 4 is 12.2 Å². The summed E-state index contributed by atoms with van der Waals surface area (Å²) in [7, 11) is 1.60. The zero-order chi connectivity index (χ0) is 14.8. The van der Waals surface area contributed by atoms with Crippen LogP contribution in [0.2, 0.25) is 0 Å². The molecule has 1 N–H and O–H groups in total. The Labute approximate surface area is 124 Å². The number of methoxy groups -OCH3 is 1. The van der Waals surface area contributed by atoms with Crippen LogP contribution in [-0.4, -0.2) is 22.1 Å². The largest absolute Gasteiger partial charge is 0.481 e. The van der Waals surface area contributed by atoms with Crippen molar-refractivity contribution in [3.8, 4) is 5.88 Å². The van der Waals surface area contributed by atoms with E-state index in [-0.39, 0.29) is 5.41 Å². The fourth-order valence-corrected chi connectivity index (χ4v) is 2.05. The quantitative estimate of drug-likeness (QED) is 0.880. The molecule has 106 valence electrons. The Morgan fingerprint density at radius 2 is 2.05 bits per heavy atom. The first-order valence-electron chi connectivity index (χ1n) is 6.48. The second-order valence-corrected chi connectivity index (χ2v) is 6.13. The van der Waals surface area contributed by atoms with Crippen LogP contribution < -0.4 is 4.74 Å². The third-order valence-electron chi connectivity index (χ3n) is 2.98. The number of aromatic amines is 1. The molecule has 0 aliphatic rings. The molecule has 0 fully saturated rings. The number of hydrogen-bond acceptors (Lipinski definition) is 4. The second-order valence-electron chi connectivity index (χ2n) is 5.72. The lowest BCUT2D eigenvalue weighted by Crippen LogP contribution is -2.15. The molecular formula is C15H19N3OS. The number of nitrogens with zero attached hydrogens (tertiary/aromatic N) is 2. The van der Waals surface area contributed by atoms with Gasteiger partial charge in [0, 0.05) is 29.8 Å². The third kappa shape index (κ3) is 3.63. The minimum atomic E-state index is 0.0173. The van der Waals surface area contributed by atoms with Crippen molar-refractivity contribution in [1.29, 1.82) is 0 Å². The van der Waals surface area contributed by atoms with E-state index >= 15 is 0 Å². The second kappa shape index (κ2) is 5.71. The summed E-state index contributed by atoms with van der Waals surface area (Å²) in [6, 6.07) is 5.75. The lowest BCUT2D eigenvalue weighted by atomic mass is 9.92. The topological polar surface area (TPSA) is 50.8 Å². The molecule has 0 saturated heterocycles. The van der Waals surface area contributed by atoms with Crippen molar-refractivity contribution < 1.29 is 4.74 Å². The number of pyridine rings is 1. The minimum Gasteiger partial charge on any atom is -0.481 e. The lowest BCUT2D eigenvalue weighted by Gasteiger charge is -2.19. The fraction of sp³-hybridized carbons (Fsp3) is 0.400. The summed E-state index contributed by atoms with van der Waals surface area (Å²) in [5, 5.41) is 0. The number of aromatic nitrogens is 3. The zero-order valence-corrected chi connectivity index (χ0v) is 13.0. The van der Waals surface area contributed by atoms with Gasteiger partial charge >= 0.3 is 0 Å². The Balaban J connectivity index is 2.28. The smallest absolute Gasteiger partial charge is 0.212 e. The van der Waals surface area contributed by atoms with Gasteiger partial charge in [-0.05, 0) is 11.6 Å². The lowest BCUT2D eigenvalue weighted by molar-refractivity contribution is 0.397. The summed E-state index contributed by atoms with van der Waals surface area (Å²) in [5.74, 6) is 1.47. The number of rotatable bonds is 3. The van der Waals surface area contributed by atoms with E-state index in [2.05, 4.69) is 35.7 Å². The minimum absolute atomic E-state index is 0.0173. The number of nitrogens with one attached hydrogen (secondary N) is 1. The van der Waals surface area contributed by atoms with Gasteiger partial charge in [0.2, 0.25) is 5.88 Å². The number of ether oxygens (including phenoxy) is 1. The Hall–Kier alpha value is -1.75. The molecule has 2 aromatic rings. The molecule has 0 unspecified atom stereocenters. The van der Waals surface area contributed by atoms with Gasteiger partial charge in [0.25, 0.3) is 0 Å². The highest BCUT2D eigenvalue weighted by atomic mass is 32.1. The average molecular weight is 289 g/mol. The van der Waals surface area contributed by atoms with Crippen molar-refractivity contribution in [2.45, 2.75) is 32.6 Å².